The highest BCUT2D eigenvalue weighted by molar-refractivity contribution is 5.80. The molecular formula is C13H19N3O2. The summed E-state index contributed by atoms with van der Waals surface area (Å²) in [7, 11) is 0. The fraction of sp³-hybridized carbons (Fsp3) is 0.385. The molecule has 0 spiro atoms. The SMILES string of the molecule is NCC(Cc1ccccc1)C(=O)NCCC(N)=O. The number of carbonyl (C=O) groups excluding carboxylic acids is 2. The van der Waals surface area contributed by atoms with E-state index in [0.717, 1.165) is 5.56 Å². The first-order valence-corrected chi connectivity index (χ1v) is 5.93. The van der Waals surface area contributed by atoms with E-state index in [1.807, 2.05) is 30.3 Å². The summed E-state index contributed by atoms with van der Waals surface area (Å²) in [6, 6.07) is 9.69. The summed E-state index contributed by atoms with van der Waals surface area (Å²) in [6.45, 7) is 0.538. The van der Waals surface area contributed by atoms with Crippen LogP contribution in [0.25, 0.3) is 0 Å². The molecule has 1 aromatic rings. The molecule has 0 saturated carbocycles. The normalized spacial score (nSPS) is 11.8. The molecule has 1 rings (SSSR count). The molecule has 18 heavy (non-hydrogen) atoms. The van der Waals surface area contributed by atoms with Gasteiger partial charge in [-0.3, -0.25) is 9.59 Å². The van der Waals surface area contributed by atoms with Crippen LogP contribution in [0.1, 0.15) is 12.0 Å². The third kappa shape index (κ3) is 4.97. The Bertz CT molecular complexity index is 392. The topological polar surface area (TPSA) is 98.2 Å². The molecule has 5 N–H and O–H groups in total. The van der Waals surface area contributed by atoms with Crippen molar-refractivity contribution >= 4 is 11.8 Å². The number of primary amides is 1. The van der Waals surface area contributed by atoms with Gasteiger partial charge < -0.3 is 16.8 Å². The molecule has 0 radical (unpaired) electrons. The van der Waals surface area contributed by atoms with Crippen LogP contribution >= 0.6 is 0 Å². The summed E-state index contributed by atoms with van der Waals surface area (Å²) in [6.07, 6.45) is 0.744. The Morgan fingerprint density at radius 2 is 1.89 bits per heavy atom. The molecule has 0 aliphatic heterocycles. The molecule has 1 aromatic carbocycles. The molecule has 0 heterocycles. The Balaban J connectivity index is 2.45. The Labute approximate surface area is 107 Å². The molecular weight excluding hydrogens is 230 g/mol. The van der Waals surface area contributed by atoms with E-state index in [4.69, 9.17) is 11.5 Å². The lowest BCUT2D eigenvalue weighted by atomic mass is 9.98. The number of amides is 2. The summed E-state index contributed by atoms with van der Waals surface area (Å²) in [5.74, 6) is -0.842. The zero-order valence-corrected chi connectivity index (χ0v) is 10.3. The average molecular weight is 249 g/mol. The standard InChI is InChI=1S/C13H19N3O2/c14-9-11(8-10-4-2-1-3-5-10)13(18)16-7-6-12(15)17/h1-5,11H,6-9,14H2,(H2,15,17)(H,16,18). The lowest BCUT2D eigenvalue weighted by molar-refractivity contribution is -0.124. The Morgan fingerprint density at radius 1 is 1.22 bits per heavy atom. The first kappa shape index (κ1) is 14.2. The smallest absolute Gasteiger partial charge is 0.224 e. The van der Waals surface area contributed by atoms with Gasteiger partial charge in [-0.1, -0.05) is 30.3 Å². The van der Waals surface area contributed by atoms with Crippen LogP contribution in [0.2, 0.25) is 0 Å². The summed E-state index contributed by atoms with van der Waals surface area (Å²) in [5, 5.41) is 2.67. The van der Waals surface area contributed by atoms with Crippen molar-refractivity contribution in [3.8, 4) is 0 Å². The molecule has 0 aromatic heterocycles. The number of hydrogen-bond donors (Lipinski definition) is 3. The average Bonchev–Trinajstić information content (AvgIpc) is 2.36. The molecule has 0 saturated heterocycles. The number of nitrogens with two attached hydrogens (primary N) is 2. The number of benzene rings is 1. The zero-order chi connectivity index (χ0) is 13.4. The van der Waals surface area contributed by atoms with Crippen molar-refractivity contribution in [3.63, 3.8) is 0 Å². The van der Waals surface area contributed by atoms with Gasteiger partial charge in [0.15, 0.2) is 0 Å². The lowest BCUT2D eigenvalue weighted by Gasteiger charge is -2.14. The highest BCUT2D eigenvalue weighted by Crippen LogP contribution is 2.07. The Hall–Kier alpha value is -1.88. The first-order chi connectivity index (χ1) is 8.63. The van der Waals surface area contributed by atoms with Crippen molar-refractivity contribution in [2.24, 2.45) is 17.4 Å². The van der Waals surface area contributed by atoms with Gasteiger partial charge in [0, 0.05) is 19.5 Å². The number of rotatable bonds is 7. The van der Waals surface area contributed by atoms with E-state index in [0.29, 0.717) is 6.42 Å². The maximum atomic E-state index is 11.8. The van der Waals surface area contributed by atoms with E-state index in [2.05, 4.69) is 5.32 Å². The van der Waals surface area contributed by atoms with Crippen LogP contribution in [0.5, 0.6) is 0 Å². The second-order valence-electron chi connectivity index (χ2n) is 4.13. The molecule has 0 fully saturated rings. The third-order valence-electron chi connectivity index (χ3n) is 2.65. The van der Waals surface area contributed by atoms with Gasteiger partial charge in [0.2, 0.25) is 11.8 Å². The fourth-order valence-electron chi connectivity index (χ4n) is 1.63. The molecule has 5 heteroatoms. The van der Waals surface area contributed by atoms with Gasteiger partial charge in [0.05, 0.1) is 5.92 Å². The van der Waals surface area contributed by atoms with Crippen molar-refractivity contribution < 1.29 is 9.59 Å². The highest BCUT2D eigenvalue weighted by atomic mass is 16.2. The van der Waals surface area contributed by atoms with E-state index < -0.39 is 5.91 Å². The summed E-state index contributed by atoms with van der Waals surface area (Å²) >= 11 is 0. The fourth-order valence-corrected chi connectivity index (χ4v) is 1.63. The van der Waals surface area contributed by atoms with Crippen LogP contribution in [0.4, 0.5) is 0 Å². The minimum atomic E-state index is -0.428. The van der Waals surface area contributed by atoms with E-state index in [1.165, 1.54) is 0 Å². The largest absolute Gasteiger partial charge is 0.370 e. The van der Waals surface area contributed by atoms with Gasteiger partial charge in [-0.2, -0.15) is 0 Å². The predicted molar refractivity (Wildman–Crippen MR) is 69.5 cm³/mol. The quantitative estimate of drug-likeness (QED) is 0.624. The van der Waals surface area contributed by atoms with E-state index >= 15 is 0 Å². The molecule has 1 atom stereocenters. The third-order valence-corrected chi connectivity index (χ3v) is 2.65. The van der Waals surface area contributed by atoms with Crippen LogP contribution in [0.3, 0.4) is 0 Å². The van der Waals surface area contributed by atoms with Crippen molar-refractivity contribution in [2.45, 2.75) is 12.8 Å². The van der Waals surface area contributed by atoms with Crippen molar-refractivity contribution in [2.75, 3.05) is 13.1 Å². The predicted octanol–water partition coefficient (Wildman–Crippen LogP) is -0.204. The Kier molecular flexibility index (Phi) is 5.87. The molecule has 98 valence electrons. The second-order valence-corrected chi connectivity index (χ2v) is 4.13. The van der Waals surface area contributed by atoms with Gasteiger partial charge in [-0.25, -0.2) is 0 Å². The van der Waals surface area contributed by atoms with E-state index in [1.54, 1.807) is 0 Å². The summed E-state index contributed by atoms with van der Waals surface area (Å²) in [4.78, 5) is 22.4. The van der Waals surface area contributed by atoms with Crippen LogP contribution in [0.15, 0.2) is 30.3 Å². The van der Waals surface area contributed by atoms with Crippen LogP contribution < -0.4 is 16.8 Å². The van der Waals surface area contributed by atoms with Gasteiger partial charge in [0.1, 0.15) is 0 Å². The monoisotopic (exact) mass is 249 g/mol. The van der Waals surface area contributed by atoms with Gasteiger partial charge in [-0.05, 0) is 12.0 Å². The number of carbonyl (C=O) groups is 2. The zero-order valence-electron chi connectivity index (χ0n) is 10.3. The molecule has 0 aliphatic carbocycles. The summed E-state index contributed by atoms with van der Waals surface area (Å²) < 4.78 is 0. The number of nitrogens with one attached hydrogen (secondary N) is 1. The summed E-state index contributed by atoms with van der Waals surface area (Å²) in [5.41, 5.74) is 11.7. The van der Waals surface area contributed by atoms with Crippen LogP contribution in [-0.4, -0.2) is 24.9 Å². The molecule has 0 aliphatic rings. The maximum absolute atomic E-state index is 11.8. The minimum Gasteiger partial charge on any atom is -0.370 e. The van der Waals surface area contributed by atoms with Crippen LogP contribution in [0, 0.1) is 5.92 Å². The Morgan fingerprint density at radius 3 is 2.44 bits per heavy atom. The van der Waals surface area contributed by atoms with Gasteiger partial charge >= 0.3 is 0 Å². The molecule has 5 nitrogen and oxygen atoms in total. The van der Waals surface area contributed by atoms with Gasteiger partial charge in [-0.15, -0.1) is 0 Å². The van der Waals surface area contributed by atoms with E-state index in [9.17, 15) is 9.59 Å². The minimum absolute atomic E-state index is 0.136. The lowest BCUT2D eigenvalue weighted by Crippen LogP contribution is -2.37. The van der Waals surface area contributed by atoms with Crippen molar-refractivity contribution in [1.29, 1.82) is 0 Å². The molecule has 2 amide bonds. The first-order valence-electron chi connectivity index (χ1n) is 5.93. The van der Waals surface area contributed by atoms with Crippen molar-refractivity contribution in [3.05, 3.63) is 35.9 Å². The molecule has 1 unspecified atom stereocenters. The van der Waals surface area contributed by atoms with E-state index in [-0.39, 0.29) is 31.3 Å². The molecule has 0 bridgehead atoms. The van der Waals surface area contributed by atoms with Crippen LogP contribution in [-0.2, 0) is 16.0 Å². The number of hydrogen-bond acceptors (Lipinski definition) is 3. The van der Waals surface area contributed by atoms with Crippen molar-refractivity contribution in [1.82, 2.24) is 5.32 Å². The maximum Gasteiger partial charge on any atom is 0.224 e. The highest BCUT2D eigenvalue weighted by Gasteiger charge is 2.16. The second kappa shape index (κ2) is 7.45. The van der Waals surface area contributed by atoms with Gasteiger partial charge in [0.25, 0.3) is 0 Å².